The minimum absolute atomic E-state index is 0.144. The molecule has 96 valence electrons. The number of ether oxygens (including phenoxy) is 1. The number of nitrogens with zero attached hydrogens (tertiary/aromatic N) is 1. The smallest absolute Gasteiger partial charge is 0.357 e. The maximum Gasteiger partial charge on any atom is 0.357 e. The molecule has 0 N–H and O–H groups in total. The quantitative estimate of drug-likeness (QED) is 0.782. The Hall–Kier alpha value is -1.20. The van der Waals surface area contributed by atoms with Gasteiger partial charge in [-0.25, -0.2) is 9.78 Å². The van der Waals surface area contributed by atoms with E-state index in [4.69, 9.17) is 0 Å². The molecule has 0 spiro atoms. The molecule has 0 aliphatic rings. The van der Waals surface area contributed by atoms with Crippen molar-refractivity contribution in [1.82, 2.24) is 4.98 Å². The second-order valence-electron chi connectivity index (χ2n) is 4.94. The fourth-order valence-electron chi connectivity index (χ4n) is 1.44. The van der Waals surface area contributed by atoms with E-state index in [-0.39, 0.29) is 11.4 Å². The molecule has 0 atom stereocenters. The Balaban J connectivity index is 2.30. The molecule has 0 aromatic carbocycles. The van der Waals surface area contributed by atoms with Crippen LogP contribution in [0.1, 0.15) is 36.1 Å². The zero-order valence-electron chi connectivity index (χ0n) is 10.8. The molecule has 2 aromatic rings. The van der Waals surface area contributed by atoms with Crippen LogP contribution in [0.25, 0.3) is 9.88 Å². The standard InChI is InChI=1S/C13H15NO2S2/c1-13(2,3)10-6-5-9(18-10)11-14-8(7-17-11)12(15)16-4/h5-7H,1-4H3. The van der Waals surface area contributed by atoms with Crippen molar-refractivity contribution in [2.45, 2.75) is 26.2 Å². The number of carbonyl (C=O) groups excluding carboxylic acids is 1. The summed E-state index contributed by atoms with van der Waals surface area (Å²) in [5, 5.41) is 2.60. The van der Waals surface area contributed by atoms with Crippen LogP contribution >= 0.6 is 22.7 Å². The maximum absolute atomic E-state index is 11.3. The molecule has 2 aromatic heterocycles. The van der Waals surface area contributed by atoms with E-state index in [2.05, 4.69) is 42.6 Å². The van der Waals surface area contributed by atoms with E-state index >= 15 is 0 Å². The van der Waals surface area contributed by atoms with Crippen LogP contribution in [0.15, 0.2) is 17.5 Å². The lowest BCUT2D eigenvalue weighted by Crippen LogP contribution is -2.07. The van der Waals surface area contributed by atoms with Gasteiger partial charge < -0.3 is 4.74 Å². The van der Waals surface area contributed by atoms with Crippen LogP contribution in [0, 0.1) is 0 Å². The topological polar surface area (TPSA) is 39.2 Å². The van der Waals surface area contributed by atoms with Gasteiger partial charge in [-0.3, -0.25) is 0 Å². The average molecular weight is 281 g/mol. The minimum atomic E-state index is -0.384. The molecule has 0 saturated carbocycles. The van der Waals surface area contributed by atoms with Crippen molar-refractivity contribution in [2.24, 2.45) is 0 Å². The van der Waals surface area contributed by atoms with E-state index in [9.17, 15) is 4.79 Å². The second kappa shape index (κ2) is 4.82. The van der Waals surface area contributed by atoms with Crippen LogP contribution in [-0.2, 0) is 10.2 Å². The normalized spacial score (nSPS) is 11.6. The molecule has 0 saturated heterocycles. The number of thiophene rings is 1. The Kier molecular flexibility index (Phi) is 3.54. The third-order valence-electron chi connectivity index (χ3n) is 2.45. The lowest BCUT2D eigenvalue weighted by atomic mass is 9.95. The Labute approximate surface area is 114 Å². The first-order valence-electron chi connectivity index (χ1n) is 5.56. The van der Waals surface area contributed by atoms with E-state index < -0.39 is 0 Å². The van der Waals surface area contributed by atoms with Crippen LogP contribution in [0.3, 0.4) is 0 Å². The van der Waals surface area contributed by atoms with Crippen molar-refractivity contribution in [3.8, 4) is 9.88 Å². The first kappa shape index (κ1) is 13.2. The van der Waals surface area contributed by atoms with Crippen molar-refractivity contribution >= 4 is 28.6 Å². The molecule has 2 rings (SSSR count). The molecular weight excluding hydrogens is 266 g/mol. The lowest BCUT2D eigenvalue weighted by Gasteiger charge is -2.15. The molecule has 18 heavy (non-hydrogen) atoms. The third kappa shape index (κ3) is 2.62. The van der Waals surface area contributed by atoms with E-state index in [1.165, 1.54) is 23.3 Å². The molecule has 0 fully saturated rings. The molecule has 5 heteroatoms. The van der Waals surface area contributed by atoms with Crippen molar-refractivity contribution in [3.05, 3.63) is 28.1 Å². The van der Waals surface area contributed by atoms with Gasteiger partial charge in [0.05, 0.1) is 12.0 Å². The number of hydrogen-bond donors (Lipinski definition) is 0. The number of methoxy groups -OCH3 is 1. The molecule has 0 unspecified atom stereocenters. The van der Waals surface area contributed by atoms with Gasteiger partial charge in [-0.2, -0.15) is 0 Å². The second-order valence-corrected chi connectivity index (χ2v) is 6.89. The number of aromatic nitrogens is 1. The Morgan fingerprint density at radius 2 is 2.06 bits per heavy atom. The van der Waals surface area contributed by atoms with Gasteiger partial charge in [0.25, 0.3) is 0 Å². The van der Waals surface area contributed by atoms with Gasteiger partial charge in [-0.05, 0) is 17.5 Å². The van der Waals surface area contributed by atoms with E-state index in [1.54, 1.807) is 16.7 Å². The first-order valence-corrected chi connectivity index (χ1v) is 7.26. The largest absolute Gasteiger partial charge is 0.464 e. The Morgan fingerprint density at radius 1 is 1.33 bits per heavy atom. The molecule has 0 amide bonds. The zero-order valence-corrected chi connectivity index (χ0v) is 12.4. The summed E-state index contributed by atoms with van der Waals surface area (Å²) in [6.45, 7) is 6.55. The summed E-state index contributed by atoms with van der Waals surface area (Å²) in [7, 11) is 1.37. The highest BCUT2D eigenvalue weighted by molar-refractivity contribution is 7.21. The highest BCUT2D eigenvalue weighted by atomic mass is 32.1. The van der Waals surface area contributed by atoms with Gasteiger partial charge in [0.1, 0.15) is 5.01 Å². The van der Waals surface area contributed by atoms with Gasteiger partial charge in [-0.15, -0.1) is 22.7 Å². The maximum atomic E-state index is 11.3. The highest BCUT2D eigenvalue weighted by Crippen LogP contribution is 2.36. The summed E-state index contributed by atoms with van der Waals surface area (Å²) in [6, 6.07) is 4.18. The summed E-state index contributed by atoms with van der Waals surface area (Å²) >= 11 is 3.19. The SMILES string of the molecule is COC(=O)c1csc(-c2ccc(C(C)(C)C)s2)n1. The van der Waals surface area contributed by atoms with Crippen LogP contribution in [0.5, 0.6) is 0 Å². The Bertz CT molecular complexity index is 564. The fourth-order valence-corrected chi connectivity index (χ4v) is 3.37. The number of hydrogen-bond acceptors (Lipinski definition) is 5. The first-order chi connectivity index (χ1) is 8.41. The molecule has 0 radical (unpaired) electrons. The van der Waals surface area contributed by atoms with Crippen molar-refractivity contribution in [3.63, 3.8) is 0 Å². The molecular formula is C13H15NO2S2. The summed E-state index contributed by atoms with van der Waals surface area (Å²) in [5.74, 6) is -0.384. The summed E-state index contributed by atoms with van der Waals surface area (Å²) in [6.07, 6.45) is 0. The van der Waals surface area contributed by atoms with Gasteiger partial charge in [-0.1, -0.05) is 20.8 Å². The lowest BCUT2D eigenvalue weighted by molar-refractivity contribution is 0.0595. The van der Waals surface area contributed by atoms with Crippen LogP contribution in [0.4, 0.5) is 0 Å². The zero-order chi connectivity index (χ0) is 13.3. The molecule has 2 heterocycles. The van der Waals surface area contributed by atoms with Gasteiger partial charge >= 0.3 is 5.97 Å². The van der Waals surface area contributed by atoms with Crippen molar-refractivity contribution < 1.29 is 9.53 Å². The monoisotopic (exact) mass is 281 g/mol. The highest BCUT2D eigenvalue weighted by Gasteiger charge is 2.18. The van der Waals surface area contributed by atoms with Crippen LogP contribution in [-0.4, -0.2) is 18.1 Å². The molecule has 0 aliphatic carbocycles. The van der Waals surface area contributed by atoms with Crippen LogP contribution in [0.2, 0.25) is 0 Å². The molecule has 0 aliphatic heterocycles. The minimum Gasteiger partial charge on any atom is -0.464 e. The summed E-state index contributed by atoms with van der Waals surface area (Å²) in [5.41, 5.74) is 0.522. The van der Waals surface area contributed by atoms with E-state index in [1.807, 2.05) is 0 Å². The average Bonchev–Trinajstić information content (AvgIpc) is 2.94. The van der Waals surface area contributed by atoms with Crippen molar-refractivity contribution in [2.75, 3.05) is 7.11 Å². The van der Waals surface area contributed by atoms with E-state index in [0.29, 0.717) is 5.69 Å². The van der Waals surface area contributed by atoms with Crippen LogP contribution < -0.4 is 0 Å². The number of rotatable bonds is 2. The van der Waals surface area contributed by atoms with Gasteiger partial charge in [0.2, 0.25) is 0 Å². The van der Waals surface area contributed by atoms with Gasteiger partial charge in [0.15, 0.2) is 5.69 Å². The summed E-state index contributed by atoms with van der Waals surface area (Å²) in [4.78, 5) is 18.1. The van der Waals surface area contributed by atoms with Gasteiger partial charge in [0, 0.05) is 10.3 Å². The summed E-state index contributed by atoms with van der Waals surface area (Å²) < 4.78 is 4.65. The number of carbonyl (C=O) groups is 1. The van der Waals surface area contributed by atoms with E-state index in [0.717, 1.165) is 9.88 Å². The predicted octanol–water partition coefficient (Wildman–Crippen LogP) is 3.96. The molecule has 0 bridgehead atoms. The predicted molar refractivity (Wildman–Crippen MR) is 75.5 cm³/mol. The Morgan fingerprint density at radius 3 is 2.61 bits per heavy atom. The fraction of sp³-hybridized carbons (Fsp3) is 0.385. The third-order valence-corrected chi connectivity index (χ3v) is 4.98. The van der Waals surface area contributed by atoms with Crippen molar-refractivity contribution in [1.29, 1.82) is 0 Å². The number of thiazole rings is 1. The molecule has 3 nitrogen and oxygen atoms in total. The number of esters is 1.